The number of rotatable bonds is 8. The lowest BCUT2D eigenvalue weighted by Crippen LogP contribution is -2.27. The third kappa shape index (κ3) is 5.22. The molecule has 0 unspecified atom stereocenters. The van der Waals surface area contributed by atoms with Gasteiger partial charge in [-0.1, -0.05) is 59.6 Å². The first kappa shape index (κ1) is 20.9. The molecule has 0 bridgehead atoms. The quantitative estimate of drug-likeness (QED) is 0.489. The van der Waals surface area contributed by atoms with Crippen LogP contribution in [0.2, 0.25) is 10.0 Å². The molecule has 3 aromatic rings. The fraction of sp³-hybridized carbons (Fsp3) is 0.304. The van der Waals surface area contributed by atoms with Gasteiger partial charge in [0.15, 0.2) is 5.69 Å². The van der Waals surface area contributed by atoms with Gasteiger partial charge in [-0.2, -0.15) is 0 Å². The lowest BCUT2D eigenvalue weighted by atomic mass is 10.1. The Balaban J connectivity index is 1.54. The molecule has 7 heteroatoms. The minimum atomic E-state index is -0.181. The molecule has 156 valence electrons. The lowest BCUT2D eigenvalue weighted by Gasteiger charge is -2.28. The minimum absolute atomic E-state index is 0.0938. The molecule has 1 aromatic heterocycles. The number of nitrogens with zero attached hydrogens (tertiary/aromatic N) is 2. The van der Waals surface area contributed by atoms with E-state index in [-0.39, 0.29) is 18.0 Å². The maximum absolute atomic E-state index is 12.2. The van der Waals surface area contributed by atoms with Crippen molar-refractivity contribution in [2.24, 2.45) is 0 Å². The van der Waals surface area contributed by atoms with Gasteiger partial charge in [0, 0.05) is 18.6 Å². The van der Waals surface area contributed by atoms with Crippen LogP contribution in [0.15, 0.2) is 59.2 Å². The summed E-state index contributed by atoms with van der Waals surface area (Å²) in [6.45, 7) is 3.21. The fourth-order valence-electron chi connectivity index (χ4n) is 3.29. The number of hydrogen-bond acceptors (Lipinski definition) is 4. The van der Waals surface area contributed by atoms with Crippen molar-refractivity contribution in [1.29, 1.82) is 0 Å². The summed E-state index contributed by atoms with van der Waals surface area (Å²) in [7, 11) is 0. The summed E-state index contributed by atoms with van der Waals surface area (Å²) in [5, 5.41) is 3.99. The molecule has 4 rings (SSSR count). The van der Waals surface area contributed by atoms with Crippen molar-refractivity contribution in [3.63, 3.8) is 0 Å². The van der Waals surface area contributed by atoms with Crippen LogP contribution in [0.25, 0.3) is 0 Å². The first-order chi connectivity index (χ1) is 14.5. The largest absolute Gasteiger partial charge is 0.447 e. The van der Waals surface area contributed by atoms with Crippen molar-refractivity contribution >= 4 is 29.1 Å². The Morgan fingerprint density at radius 3 is 2.63 bits per heavy atom. The summed E-state index contributed by atoms with van der Waals surface area (Å²) in [5.41, 5.74) is 2.53. The number of halogens is 2. The number of oxazole rings is 1. The van der Waals surface area contributed by atoms with E-state index in [9.17, 15) is 4.79 Å². The second kappa shape index (κ2) is 9.21. The van der Waals surface area contributed by atoms with Gasteiger partial charge in [-0.05, 0) is 43.0 Å². The Morgan fingerprint density at radius 2 is 1.93 bits per heavy atom. The van der Waals surface area contributed by atoms with E-state index in [0.717, 1.165) is 18.4 Å². The van der Waals surface area contributed by atoms with E-state index in [1.54, 1.807) is 6.07 Å². The highest BCUT2D eigenvalue weighted by Crippen LogP contribution is 2.28. The smallest absolute Gasteiger partial charge is 0.273 e. The molecule has 0 radical (unpaired) electrons. The van der Waals surface area contributed by atoms with Crippen LogP contribution in [0.4, 0.5) is 0 Å². The minimum Gasteiger partial charge on any atom is -0.447 e. The van der Waals surface area contributed by atoms with Gasteiger partial charge in [-0.3, -0.25) is 9.69 Å². The molecule has 0 aliphatic heterocycles. The molecule has 30 heavy (non-hydrogen) atoms. The maximum Gasteiger partial charge on any atom is 0.273 e. The molecule has 1 fully saturated rings. The summed E-state index contributed by atoms with van der Waals surface area (Å²) in [6, 6.07) is 16.2. The predicted molar refractivity (Wildman–Crippen MR) is 118 cm³/mol. The van der Waals surface area contributed by atoms with Gasteiger partial charge in [-0.25, -0.2) is 4.98 Å². The van der Waals surface area contributed by atoms with E-state index in [1.807, 2.05) is 30.3 Å². The fourth-order valence-corrected chi connectivity index (χ4v) is 3.61. The van der Waals surface area contributed by atoms with Crippen LogP contribution >= 0.6 is 23.2 Å². The van der Waals surface area contributed by atoms with Crippen molar-refractivity contribution in [3.05, 3.63) is 87.6 Å². The first-order valence-corrected chi connectivity index (χ1v) is 10.7. The van der Waals surface area contributed by atoms with Gasteiger partial charge in [0.2, 0.25) is 5.89 Å². The van der Waals surface area contributed by atoms with Crippen molar-refractivity contribution in [3.8, 4) is 0 Å². The number of nitrogens with one attached hydrogen (secondary N) is 1. The number of hydrogen-bond donors (Lipinski definition) is 1. The van der Waals surface area contributed by atoms with Crippen LogP contribution in [-0.2, 0) is 13.1 Å². The van der Waals surface area contributed by atoms with Gasteiger partial charge < -0.3 is 9.73 Å². The number of benzene rings is 2. The average molecular weight is 444 g/mol. The summed E-state index contributed by atoms with van der Waals surface area (Å²) in [6.07, 6.45) is 3.49. The van der Waals surface area contributed by atoms with E-state index < -0.39 is 0 Å². The first-order valence-electron chi connectivity index (χ1n) is 9.98. The topological polar surface area (TPSA) is 58.4 Å². The van der Waals surface area contributed by atoms with Crippen molar-refractivity contribution in [2.45, 2.75) is 44.9 Å². The lowest BCUT2D eigenvalue weighted by molar-refractivity contribution is 0.0946. The normalized spacial score (nSPS) is 14.7. The van der Waals surface area contributed by atoms with Crippen LogP contribution in [0.3, 0.4) is 0 Å². The second-order valence-corrected chi connectivity index (χ2v) is 8.43. The molecule has 1 N–H and O–H groups in total. The molecule has 1 heterocycles. The Kier molecular flexibility index (Phi) is 6.42. The molecule has 2 aromatic carbocycles. The summed E-state index contributed by atoms with van der Waals surface area (Å²) >= 11 is 12.3. The van der Waals surface area contributed by atoms with Gasteiger partial charge in [0.25, 0.3) is 5.91 Å². The molecule has 1 atom stereocenters. The van der Waals surface area contributed by atoms with Crippen molar-refractivity contribution < 1.29 is 9.21 Å². The molecule has 1 aliphatic rings. The van der Waals surface area contributed by atoms with Crippen LogP contribution in [0, 0.1) is 0 Å². The molecule has 0 saturated heterocycles. The second-order valence-electron chi connectivity index (χ2n) is 7.61. The van der Waals surface area contributed by atoms with Crippen molar-refractivity contribution in [2.75, 3.05) is 0 Å². The van der Waals surface area contributed by atoms with Crippen LogP contribution in [0.1, 0.15) is 53.3 Å². The van der Waals surface area contributed by atoms with Crippen molar-refractivity contribution in [1.82, 2.24) is 15.2 Å². The van der Waals surface area contributed by atoms with E-state index >= 15 is 0 Å². The summed E-state index contributed by atoms with van der Waals surface area (Å²) in [4.78, 5) is 18.9. The molecule has 0 spiro atoms. The standard InChI is InChI=1S/C23H23Cl2N3O2/c1-15(17-5-3-2-4-6-17)28(12-16-7-10-19(24)20(25)11-16)13-22-27-21(14-30-22)23(29)26-18-8-9-18/h2-7,10-11,14-15,18H,8-9,12-13H2,1H3,(H,26,29)/t15-/m0/s1. The van der Waals surface area contributed by atoms with Gasteiger partial charge in [0.05, 0.1) is 16.6 Å². The zero-order valence-electron chi connectivity index (χ0n) is 16.6. The Labute approximate surface area is 186 Å². The Hall–Kier alpha value is -2.34. The highest BCUT2D eigenvalue weighted by atomic mass is 35.5. The van der Waals surface area contributed by atoms with E-state index in [2.05, 4.69) is 34.3 Å². The third-order valence-electron chi connectivity index (χ3n) is 5.23. The molecule has 5 nitrogen and oxygen atoms in total. The number of amides is 1. The molecule has 1 aliphatic carbocycles. The molecule has 1 amide bonds. The van der Waals surface area contributed by atoms with Gasteiger partial charge in [0.1, 0.15) is 6.26 Å². The highest BCUT2D eigenvalue weighted by molar-refractivity contribution is 6.42. The Morgan fingerprint density at radius 1 is 1.17 bits per heavy atom. The predicted octanol–water partition coefficient (Wildman–Crippen LogP) is 5.64. The van der Waals surface area contributed by atoms with Crippen LogP contribution < -0.4 is 5.32 Å². The van der Waals surface area contributed by atoms with Gasteiger partial charge in [-0.15, -0.1) is 0 Å². The average Bonchev–Trinajstić information content (AvgIpc) is 3.44. The maximum atomic E-state index is 12.2. The van der Waals surface area contributed by atoms with E-state index in [1.165, 1.54) is 11.8 Å². The highest BCUT2D eigenvalue weighted by Gasteiger charge is 2.26. The van der Waals surface area contributed by atoms with Crippen LogP contribution in [-0.4, -0.2) is 21.8 Å². The van der Waals surface area contributed by atoms with E-state index in [4.69, 9.17) is 27.6 Å². The monoisotopic (exact) mass is 443 g/mol. The Bertz CT molecular complexity index is 1020. The van der Waals surface area contributed by atoms with Gasteiger partial charge >= 0.3 is 0 Å². The zero-order valence-corrected chi connectivity index (χ0v) is 18.2. The summed E-state index contributed by atoms with van der Waals surface area (Å²) in [5.74, 6) is 0.318. The molecular formula is C23H23Cl2N3O2. The molecule has 1 saturated carbocycles. The summed E-state index contributed by atoms with van der Waals surface area (Å²) < 4.78 is 5.62. The molecular weight excluding hydrogens is 421 g/mol. The number of carbonyl (C=O) groups excluding carboxylic acids is 1. The third-order valence-corrected chi connectivity index (χ3v) is 5.97. The SMILES string of the molecule is C[C@@H](c1ccccc1)N(Cc1ccc(Cl)c(Cl)c1)Cc1nc(C(=O)NC2CC2)co1. The van der Waals surface area contributed by atoms with Crippen LogP contribution in [0.5, 0.6) is 0 Å². The number of aromatic nitrogens is 1. The number of carbonyl (C=O) groups is 1. The van der Waals surface area contributed by atoms with E-state index in [0.29, 0.717) is 34.7 Å². The zero-order chi connectivity index (χ0) is 21.1.